The minimum Gasteiger partial charge on any atom is -0.347 e. The molecule has 1 amide bonds. The van der Waals surface area contributed by atoms with E-state index >= 15 is 0 Å². The van der Waals surface area contributed by atoms with Crippen LogP contribution in [0.25, 0.3) is 0 Å². The molecule has 1 aromatic carbocycles. The number of nitrogens with one attached hydrogen (secondary N) is 1. The van der Waals surface area contributed by atoms with Crippen LogP contribution in [0.2, 0.25) is 0 Å². The third-order valence-electron chi connectivity index (χ3n) is 3.39. The third-order valence-corrected chi connectivity index (χ3v) is 4.06. The van der Waals surface area contributed by atoms with Crippen LogP contribution in [0.4, 0.5) is 0 Å². The average Bonchev–Trinajstić information content (AvgIpc) is 2.89. The molecule has 0 aliphatic carbocycles. The summed E-state index contributed by atoms with van der Waals surface area (Å²) in [7, 11) is 0. The van der Waals surface area contributed by atoms with Gasteiger partial charge in [-0.3, -0.25) is 4.79 Å². The van der Waals surface area contributed by atoms with Crippen LogP contribution in [0.15, 0.2) is 43.0 Å². The highest BCUT2D eigenvalue weighted by Gasteiger charge is 2.27. The lowest BCUT2D eigenvalue weighted by Crippen LogP contribution is -2.46. The van der Waals surface area contributed by atoms with Gasteiger partial charge in [0, 0.05) is 28.1 Å². The van der Waals surface area contributed by atoms with Crippen molar-refractivity contribution in [2.24, 2.45) is 5.41 Å². The molecule has 0 aliphatic heterocycles. The molecule has 1 unspecified atom stereocenters. The standard InChI is InChI=1S/C16H20IN3O/c1-16(2,3)14(10-20-8-7-18-11-20)19-15(21)12-5-4-6-13(17)9-12/h4-9,11,14H,10H2,1-3H3,(H,19,21). The third kappa shape index (κ3) is 4.56. The minimum atomic E-state index is -0.0398. The second kappa shape index (κ2) is 6.60. The zero-order chi connectivity index (χ0) is 15.5. The van der Waals surface area contributed by atoms with E-state index in [-0.39, 0.29) is 17.4 Å². The number of halogens is 1. The number of rotatable bonds is 4. The predicted molar refractivity (Wildman–Crippen MR) is 92.1 cm³/mol. The van der Waals surface area contributed by atoms with Gasteiger partial charge in [-0.15, -0.1) is 0 Å². The summed E-state index contributed by atoms with van der Waals surface area (Å²) in [6, 6.07) is 7.64. The smallest absolute Gasteiger partial charge is 0.251 e. The van der Waals surface area contributed by atoms with Crippen LogP contribution in [-0.2, 0) is 6.54 Å². The quantitative estimate of drug-likeness (QED) is 0.805. The molecule has 1 heterocycles. The van der Waals surface area contributed by atoms with Gasteiger partial charge in [-0.2, -0.15) is 0 Å². The molecule has 1 aromatic heterocycles. The molecule has 0 radical (unpaired) electrons. The highest BCUT2D eigenvalue weighted by atomic mass is 127. The molecule has 2 aromatic rings. The van der Waals surface area contributed by atoms with Gasteiger partial charge >= 0.3 is 0 Å². The molecule has 1 N–H and O–H groups in total. The van der Waals surface area contributed by atoms with Crippen molar-refractivity contribution in [2.45, 2.75) is 33.4 Å². The van der Waals surface area contributed by atoms with Gasteiger partial charge in [-0.05, 0) is 46.2 Å². The number of carbonyl (C=O) groups excluding carboxylic acids is 1. The molecule has 0 fully saturated rings. The molecule has 112 valence electrons. The molecule has 0 bridgehead atoms. The molecular formula is C16H20IN3O. The number of amides is 1. The largest absolute Gasteiger partial charge is 0.347 e. The van der Waals surface area contributed by atoms with Gasteiger partial charge in [0.15, 0.2) is 0 Å². The van der Waals surface area contributed by atoms with Gasteiger partial charge in [-0.1, -0.05) is 26.8 Å². The number of hydrogen-bond donors (Lipinski definition) is 1. The monoisotopic (exact) mass is 397 g/mol. The van der Waals surface area contributed by atoms with E-state index in [0.29, 0.717) is 12.1 Å². The Hall–Kier alpha value is -1.37. The van der Waals surface area contributed by atoms with Gasteiger partial charge in [-0.25, -0.2) is 4.98 Å². The predicted octanol–water partition coefficient (Wildman–Crippen LogP) is 3.33. The number of imidazole rings is 1. The van der Waals surface area contributed by atoms with Crippen molar-refractivity contribution in [3.05, 3.63) is 52.1 Å². The number of benzene rings is 1. The Kier molecular flexibility index (Phi) is 5.03. The Labute approximate surface area is 139 Å². The molecule has 5 heteroatoms. The van der Waals surface area contributed by atoms with Crippen LogP contribution in [0.5, 0.6) is 0 Å². The van der Waals surface area contributed by atoms with Gasteiger partial charge in [0.05, 0.1) is 12.4 Å². The second-order valence-electron chi connectivity index (χ2n) is 6.16. The summed E-state index contributed by atoms with van der Waals surface area (Å²) in [6.07, 6.45) is 5.44. The molecular weight excluding hydrogens is 377 g/mol. The zero-order valence-electron chi connectivity index (χ0n) is 12.5. The number of carbonyl (C=O) groups is 1. The number of aromatic nitrogens is 2. The molecule has 0 spiro atoms. The van der Waals surface area contributed by atoms with Crippen molar-refractivity contribution in [1.29, 1.82) is 0 Å². The molecule has 0 saturated carbocycles. The summed E-state index contributed by atoms with van der Waals surface area (Å²) < 4.78 is 3.05. The SMILES string of the molecule is CC(C)(C)C(Cn1ccnc1)NC(=O)c1cccc(I)c1. The molecule has 0 saturated heterocycles. The van der Waals surface area contributed by atoms with E-state index in [1.165, 1.54) is 0 Å². The highest BCUT2D eigenvalue weighted by Crippen LogP contribution is 2.21. The second-order valence-corrected chi connectivity index (χ2v) is 7.41. The molecule has 4 nitrogen and oxygen atoms in total. The van der Waals surface area contributed by atoms with Crippen molar-refractivity contribution in [3.63, 3.8) is 0 Å². The summed E-state index contributed by atoms with van der Waals surface area (Å²) in [5.74, 6) is -0.0337. The van der Waals surface area contributed by atoms with E-state index in [2.05, 4.69) is 53.7 Å². The fraction of sp³-hybridized carbons (Fsp3) is 0.375. The summed E-state index contributed by atoms with van der Waals surface area (Å²) >= 11 is 2.21. The van der Waals surface area contributed by atoms with Crippen LogP contribution in [0.3, 0.4) is 0 Å². The maximum absolute atomic E-state index is 12.4. The maximum atomic E-state index is 12.4. The first-order valence-electron chi connectivity index (χ1n) is 6.88. The van der Waals surface area contributed by atoms with Crippen LogP contribution >= 0.6 is 22.6 Å². The molecule has 2 rings (SSSR count). The first kappa shape index (κ1) is 16.0. The Balaban J connectivity index is 2.13. The van der Waals surface area contributed by atoms with E-state index in [4.69, 9.17) is 0 Å². The fourth-order valence-electron chi connectivity index (χ4n) is 2.01. The lowest BCUT2D eigenvalue weighted by atomic mass is 9.86. The Morgan fingerprint density at radius 2 is 2.19 bits per heavy atom. The summed E-state index contributed by atoms with van der Waals surface area (Å²) in [6.45, 7) is 7.09. The minimum absolute atomic E-state index is 0.0251. The summed E-state index contributed by atoms with van der Waals surface area (Å²) in [5, 5.41) is 3.15. The summed E-state index contributed by atoms with van der Waals surface area (Å²) in [5.41, 5.74) is 0.656. The van der Waals surface area contributed by atoms with E-state index in [9.17, 15) is 4.79 Å². The van der Waals surface area contributed by atoms with E-state index in [1.807, 2.05) is 35.0 Å². The van der Waals surface area contributed by atoms with Crippen LogP contribution in [0.1, 0.15) is 31.1 Å². The zero-order valence-corrected chi connectivity index (χ0v) is 14.7. The highest BCUT2D eigenvalue weighted by molar-refractivity contribution is 14.1. The molecule has 21 heavy (non-hydrogen) atoms. The van der Waals surface area contributed by atoms with Crippen LogP contribution < -0.4 is 5.32 Å². The van der Waals surface area contributed by atoms with Crippen molar-refractivity contribution < 1.29 is 4.79 Å². The Morgan fingerprint density at radius 3 is 2.76 bits per heavy atom. The Morgan fingerprint density at radius 1 is 1.43 bits per heavy atom. The van der Waals surface area contributed by atoms with Crippen molar-refractivity contribution in [2.75, 3.05) is 0 Å². The first-order chi connectivity index (χ1) is 9.86. The topological polar surface area (TPSA) is 46.9 Å². The first-order valence-corrected chi connectivity index (χ1v) is 7.96. The molecule has 0 aliphatic rings. The van der Waals surface area contributed by atoms with Crippen LogP contribution in [0, 0.1) is 8.99 Å². The summed E-state index contributed by atoms with van der Waals surface area (Å²) in [4.78, 5) is 16.5. The van der Waals surface area contributed by atoms with E-state index < -0.39 is 0 Å². The molecule has 1 atom stereocenters. The van der Waals surface area contributed by atoms with E-state index in [1.54, 1.807) is 12.5 Å². The average molecular weight is 397 g/mol. The van der Waals surface area contributed by atoms with Gasteiger partial charge in [0.1, 0.15) is 0 Å². The van der Waals surface area contributed by atoms with Crippen LogP contribution in [-0.4, -0.2) is 21.5 Å². The maximum Gasteiger partial charge on any atom is 0.251 e. The number of hydrogen-bond acceptors (Lipinski definition) is 2. The van der Waals surface area contributed by atoms with Gasteiger partial charge < -0.3 is 9.88 Å². The van der Waals surface area contributed by atoms with Crippen molar-refractivity contribution >= 4 is 28.5 Å². The van der Waals surface area contributed by atoms with Gasteiger partial charge in [0.2, 0.25) is 0 Å². The normalized spacial score (nSPS) is 13.0. The lowest BCUT2D eigenvalue weighted by molar-refractivity contribution is 0.0892. The van der Waals surface area contributed by atoms with Gasteiger partial charge in [0.25, 0.3) is 5.91 Å². The lowest BCUT2D eigenvalue weighted by Gasteiger charge is -2.31. The van der Waals surface area contributed by atoms with Crippen molar-refractivity contribution in [3.8, 4) is 0 Å². The van der Waals surface area contributed by atoms with Crippen molar-refractivity contribution in [1.82, 2.24) is 14.9 Å². The van der Waals surface area contributed by atoms with E-state index in [0.717, 1.165) is 3.57 Å². The number of nitrogens with zero attached hydrogens (tertiary/aromatic N) is 2. The Bertz CT molecular complexity index is 602. The fourth-order valence-corrected chi connectivity index (χ4v) is 2.56.